The fourth-order valence-electron chi connectivity index (χ4n) is 2.20. The van der Waals surface area contributed by atoms with Crippen LogP contribution in [0.25, 0.3) is 0 Å². The molecule has 1 aromatic carbocycles. The van der Waals surface area contributed by atoms with Gasteiger partial charge in [-0.25, -0.2) is 9.18 Å². The topological polar surface area (TPSA) is 75.4 Å². The molecule has 1 aliphatic heterocycles. The highest BCUT2D eigenvalue weighted by Crippen LogP contribution is 2.23. The molecule has 0 spiro atoms. The lowest BCUT2D eigenvalue weighted by Crippen LogP contribution is -2.43. The van der Waals surface area contributed by atoms with Crippen LogP contribution >= 0.6 is 0 Å². The Morgan fingerprint density at radius 3 is 2.65 bits per heavy atom. The second kappa shape index (κ2) is 5.20. The van der Waals surface area contributed by atoms with Crippen LogP contribution in [0.3, 0.4) is 0 Å². The summed E-state index contributed by atoms with van der Waals surface area (Å²) >= 11 is 0. The number of nitrogens with two attached hydrogens (primary N) is 1. The van der Waals surface area contributed by atoms with Crippen molar-refractivity contribution in [1.29, 1.82) is 0 Å². The number of urea groups is 1. The summed E-state index contributed by atoms with van der Waals surface area (Å²) in [6.45, 7) is 3.73. The maximum absolute atomic E-state index is 13.4. The second-order valence-electron chi connectivity index (χ2n) is 5.14. The van der Waals surface area contributed by atoms with Crippen LogP contribution in [0, 0.1) is 5.82 Å². The van der Waals surface area contributed by atoms with Crippen molar-refractivity contribution < 1.29 is 14.0 Å². The lowest BCUT2D eigenvalue weighted by atomic mass is 9.99. The van der Waals surface area contributed by atoms with E-state index in [1.54, 1.807) is 19.1 Å². The molecule has 0 aromatic heterocycles. The number of hydrogen-bond acceptors (Lipinski definition) is 3. The average Bonchev–Trinajstić information content (AvgIpc) is 2.65. The number of nitrogens with zero attached hydrogens (tertiary/aromatic N) is 1. The minimum Gasteiger partial charge on any atom is -0.326 e. The van der Waals surface area contributed by atoms with Crippen molar-refractivity contribution >= 4 is 11.9 Å². The summed E-state index contributed by atoms with van der Waals surface area (Å²) in [6.07, 6.45) is 0.519. The molecule has 6 heteroatoms. The van der Waals surface area contributed by atoms with Crippen molar-refractivity contribution in [1.82, 2.24) is 10.2 Å². The van der Waals surface area contributed by atoms with Gasteiger partial charge in [-0.15, -0.1) is 0 Å². The van der Waals surface area contributed by atoms with Gasteiger partial charge in [0.15, 0.2) is 0 Å². The van der Waals surface area contributed by atoms with Gasteiger partial charge < -0.3 is 11.1 Å². The zero-order valence-corrected chi connectivity index (χ0v) is 11.6. The molecule has 0 aliphatic carbocycles. The van der Waals surface area contributed by atoms with E-state index >= 15 is 0 Å². The van der Waals surface area contributed by atoms with Gasteiger partial charge in [-0.05, 0) is 31.0 Å². The predicted molar refractivity (Wildman–Crippen MR) is 72.1 cm³/mol. The number of hydrogen-bond donors (Lipinski definition) is 2. The van der Waals surface area contributed by atoms with E-state index in [9.17, 15) is 14.0 Å². The molecule has 1 atom stereocenters. The molecule has 0 saturated carbocycles. The number of imide groups is 1. The molecular weight excluding hydrogens is 261 g/mol. The number of halogens is 1. The Balaban J connectivity index is 2.22. The third kappa shape index (κ3) is 2.38. The van der Waals surface area contributed by atoms with Crippen molar-refractivity contribution in [3.8, 4) is 0 Å². The zero-order chi connectivity index (χ0) is 14.9. The second-order valence-corrected chi connectivity index (χ2v) is 5.14. The van der Waals surface area contributed by atoms with Gasteiger partial charge >= 0.3 is 6.03 Å². The highest BCUT2D eigenvalue weighted by atomic mass is 19.1. The van der Waals surface area contributed by atoms with Crippen LogP contribution in [0.15, 0.2) is 18.2 Å². The van der Waals surface area contributed by atoms with E-state index in [1.165, 1.54) is 6.07 Å². The number of amides is 3. The first-order valence-electron chi connectivity index (χ1n) is 6.52. The number of nitrogens with one attached hydrogen (secondary N) is 1. The summed E-state index contributed by atoms with van der Waals surface area (Å²) in [5.74, 6) is -0.643. The first-order valence-corrected chi connectivity index (χ1v) is 6.52. The van der Waals surface area contributed by atoms with Crippen LogP contribution < -0.4 is 11.1 Å². The minimum absolute atomic E-state index is 0.0759. The van der Waals surface area contributed by atoms with Gasteiger partial charge in [-0.1, -0.05) is 13.0 Å². The predicted octanol–water partition coefficient (Wildman–Crippen LogP) is 1.50. The first-order chi connectivity index (χ1) is 9.41. The Labute approximate surface area is 116 Å². The lowest BCUT2D eigenvalue weighted by Gasteiger charge is -2.19. The molecule has 0 radical (unpaired) electrons. The fraction of sp³-hybridized carbons (Fsp3) is 0.429. The van der Waals surface area contributed by atoms with E-state index in [-0.39, 0.29) is 24.8 Å². The molecule has 3 amide bonds. The number of benzene rings is 1. The monoisotopic (exact) mass is 279 g/mol. The molecule has 1 unspecified atom stereocenters. The molecule has 3 N–H and O–H groups in total. The summed E-state index contributed by atoms with van der Waals surface area (Å²) in [7, 11) is 0. The van der Waals surface area contributed by atoms with Gasteiger partial charge in [0.25, 0.3) is 5.91 Å². The summed E-state index contributed by atoms with van der Waals surface area (Å²) in [5, 5.41) is 2.68. The fourth-order valence-corrected chi connectivity index (χ4v) is 2.20. The normalized spacial score (nSPS) is 22.3. The zero-order valence-electron chi connectivity index (χ0n) is 11.6. The van der Waals surface area contributed by atoms with Crippen LogP contribution in [-0.2, 0) is 17.9 Å². The Hall–Kier alpha value is -1.95. The van der Waals surface area contributed by atoms with Crippen LogP contribution in [0.5, 0.6) is 0 Å². The van der Waals surface area contributed by atoms with Gasteiger partial charge in [-0.3, -0.25) is 9.69 Å². The van der Waals surface area contributed by atoms with Crippen molar-refractivity contribution in [2.45, 2.75) is 38.9 Å². The van der Waals surface area contributed by atoms with E-state index < -0.39 is 11.6 Å². The van der Waals surface area contributed by atoms with Gasteiger partial charge in [0.05, 0.1) is 6.54 Å². The highest BCUT2D eigenvalue weighted by Gasteiger charge is 2.46. The van der Waals surface area contributed by atoms with Crippen LogP contribution in [0.2, 0.25) is 0 Å². The SMILES string of the molecule is CCC1(C)NC(=O)N(Cc2ccc(F)c(CN)c2)C1=O. The molecule has 1 aromatic rings. The van der Waals surface area contributed by atoms with Crippen LogP contribution in [0.4, 0.5) is 9.18 Å². The summed E-state index contributed by atoms with van der Waals surface area (Å²) < 4.78 is 13.4. The molecular formula is C14H18FN3O2. The smallest absolute Gasteiger partial charge is 0.325 e. The van der Waals surface area contributed by atoms with Gasteiger partial charge in [0.2, 0.25) is 0 Å². The summed E-state index contributed by atoms with van der Waals surface area (Å²) in [6, 6.07) is 4.02. The number of carbonyl (C=O) groups is 2. The van der Waals surface area contributed by atoms with Gasteiger partial charge in [-0.2, -0.15) is 0 Å². The van der Waals surface area contributed by atoms with E-state index in [0.717, 1.165) is 4.90 Å². The molecule has 5 nitrogen and oxygen atoms in total. The quantitative estimate of drug-likeness (QED) is 0.820. The molecule has 108 valence electrons. The van der Waals surface area contributed by atoms with Crippen molar-refractivity contribution in [2.75, 3.05) is 0 Å². The number of rotatable bonds is 4. The largest absolute Gasteiger partial charge is 0.326 e. The lowest BCUT2D eigenvalue weighted by molar-refractivity contribution is -0.131. The van der Waals surface area contributed by atoms with E-state index in [2.05, 4.69) is 5.32 Å². The van der Waals surface area contributed by atoms with Gasteiger partial charge in [0.1, 0.15) is 11.4 Å². The Bertz CT molecular complexity index is 561. The highest BCUT2D eigenvalue weighted by molar-refractivity contribution is 6.06. The Kier molecular flexibility index (Phi) is 3.76. The van der Waals surface area contributed by atoms with Crippen LogP contribution in [-0.4, -0.2) is 22.4 Å². The van der Waals surface area contributed by atoms with Crippen molar-refractivity contribution in [2.24, 2.45) is 5.73 Å². The third-order valence-electron chi connectivity index (χ3n) is 3.72. The Morgan fingerprint density at radius 2 is 2.10 bits per heavy atom. The van der Waals surface area contributed by atoms with E-state index in [0.29, 0.717) is 17.5 Å². The summed E-state index contributed by atoms with van der Waals surface area (Å²) in [5.41, 5.74) is 5.64. The average molecular weight is 279 g/mol. The Morgan fingerprint density at radius 1 is 1.40 bits per heavy atom. The minimum atomic E-state index is -0.853. The molecule has 2 rings (SSSR count). The molecule has 1 aliphatic rings. The van der Waals surface area contributed by atoms with E-state index in [1.807, 2.05) is 6.92 Å². The van der Waals surface area contributed by atoms with Crippen LogP contribution in [0.1, 0.15) is 31.4 Å². The third-order valence-corrected chi connectivity index (χ3v) is 3.72. The number of carbonyl (C=O) groups excluding carboxylic acids is 2. The van der Waals surface area contributed by atoms with Crippen molar-refractivity contribution in [3.05, 3.63) is 35.1 Å². The van der Waals surface area contributed by atoms with Gasteiger partial charge in [0, 0.05) is 12.1 Å². The molecule has 1 saturated heterocycles. The molecule has 0 bridgehead atoms. The summed E-state index contributed by atoms with van der Waals surface area (Å²) in [4.78, 5) is 25.3. The maximum atomic E-state index is 13.4. The molecule has 1 heterocycles. The molecule has 20 heavy (non-hydrogen) atoms. The molecule has 1 fully saturated rings. The maximum Gasteiger partial charge on any atom is 0.325 e. The van der Waals surface area contributed by atoms with Crippen molar-refractivity contribution in [3.63, 3.8) is 0 Å². The standard InChI is InChI=1S/C14H18FN3O2/c1-3-14(2)12(19)18(13(20)17-14)8-9-4-5-11(15)10(6-9)7-16/h4-6H,3,7-8,16H2,1-2H3,(H,17,20). The van der Waals surface area contributed by atoms with E-state index in [4.69, 9.17) is 5.73 Å². The first kappa shape index (κ1) is 14.5.